The van der Waals surface area contributed by atoms with E-state index in [4.69, 9.17) is 17.3 Å². The number of aromatic nitrogens is 10. The minimum atomic E-state index is -0.419. The number of pyridine rings is 4. The van der Waals surface area contributed by atoms with Gasteiger partial charge in [-0.1, -0.05) is 35.9 Å². The predicted molar refractivity (Wildman–Crippen MR) is 231 cm³/mol. The zero-order valence-corrected chi connectivity index (χ0v) is 35.0. The van der Waals surface area contributed by atoms with Crippen LogP contribution in [0.4, 0.5) is 14.6 Å². The summed E-state index contributed by atoms with van der Waals surface area (Å²) < 4.78 is 31.5. The Morgan fingerprint density at radius 2 is 1.24 bits per heavy atom. The Morgan fingerprint density at radius 1 is 0.695 bits per heavy atom. The van der Waals surface area contributed by atoms with Crippen LogP contribution in [0.25, 0.3) is 45.0 Å². The molecule has 2 aliphatic carbocycles. The van der Waals surface area contributed by atoms with Gasteiger partial charge in [-0.25, -0.2) is 23.3 Å². The van der Waals surface area contributed by atoms with Gasteiger partial charge in [0.15, 0.2) is 11.3 Å². The number of nitrogens with one attached hydrogen (secondary N) is 1. The minimum absolute atomic E-state index is 0.393. The summed E-state index contributed by atoms with van der Waals surface area (Å²) in [7, 11) is 0. The van der Waals surface area contributed by atoms with Crippen LogP contribution in [0, 0.1) is 11.6 Å². The van der Waals surface area contributed by atoms with Crippen LogP contribution < -0.4 is 11.1 Å². The predicted octanol–water partition coefficient (Wildman–Crippen LogP) is 9.25. The molecule has 17 heteroatoms. The molecule has 10 rings (SSSR count). The Morgan fingerprint density at radius 3 is 1.81 bits per heavy atom. The monoisotopic (exact) mass is 936 g/mol. The summed E-state index contributed by atoms with van der Waals surface area (Å²) in [6, 6.07) is 14.5. The molecule has 8 heterocycles. The average molecular weight is 939 g/mol. The summed E-state index contributed by atoms with van der Waals surface area (Å²) in [4.78, 5) is 25.5. The SMILES string of the molecule is Fc1cncc(-c2cc(Cl)n3ncc(Br)c3n2)c1.Fc1cncc(-c2cc(NCCC3=CCc4cccnc43)n3ncc(Br)c3n2)c1.NCCC1=CCc2cccnc21. The van der Waals surface area contributed by atoms with E-state index in [1.165, 1.54) is 51.3 Å². The fourth-order valence-electron chi connectivity index (χ4n) is 6.73. The molecule has 296 valence electrons. The van der Waals surface area contributed by atoms with Crippen molar-refractivity contribution >= 4 is 71.7 Å². The van der Waals surface area contributed by atoms with Crippen LogP contribution in [-0.2, 0) is 12.8 Å². The second kappa shape index (κ2) is 18.0. The van der Waals surface area contributed by atoms with Crippen LogP contribution in [-0.4, -0.2) is 62.2 Å². The molecule has 59 heavy (non-hydrogen) atoms. The molecule has 8 aromatic rings. The molecule has 3 N–H and O–H groups in total. The van der Waals surface area contributed by atoms with Crippen LogP contribution in [0.3, 0.4) is 0 Å². The molecular formula is C42H33Br2ClF2N12. The van der Waals surface area contributed by atoms with Crippen molar-refractivity contribution in [3.05, 3.63) is 159 Å². The van der Waals surface area contributed by atoms with Crippen molar-refractivity contribution in [1.29, 1.82) is 0 Å². The van der Waals surface area contributed by atoms with Crippen LogP contribution in [0.1, 0.15) is 35.4 Å². The summed E-state index contributed by atoms with van der Waals surface area (Å²) in [6.07, 6.45) is 20.6. The standard InChI is InChI=1S/C21H16BrFN6.C11H5BrClFN4.C10H12N2/c22-17-12-27-29-19(9-18(28-21(17)29)15-8-16(23)11-24-10-15)25-7-5-14-4-3-13-2-1-6-26-20(13)14;12-8-5-16-18-10(13)2-9(17-11(8)18)6-1-7(14)4-15-3-6;11-6-5-9-4-3-8-2-1-7-12-10(8)9/h1-2,4,6,8-12,25H,3,5,7H2;1-5H;1-2,4,7H,3,5-6,11H2. The van der Waals surface area contributed by atoms with E-state index in [9.17, 15) is 8.78 Å². The van der Waals surface area contributed by atoms with Crippen LogP contribution in [0.15, 0.2) is 119 Å². The molecule has 0 amide bonds. The summed E-state index contributed by atoms with van der Waals surface area (Å²) in [5.41, 5.74) is 16.5. The van der Waals surface area contributed by atoms with E-state index in [0.29, 0.717) is 52.1 Å². The van der Waals surface area contributed by atoms with Crippen molar-refractivity contribution in [2.75, 3.05) is 18.4 Å². The maximum absolute atomic E-state index is 13.6. The van der Waals surface area contributed by atoms with E-state index >= 15 is 0 Å². The molecular weight excluding hydrogens is 906 g/mol. The third-order valence-electron chi connectivity index (χ3n) is 9.46. The molecule has 0 unspecified atom stereocenters. The van der Waals surface area contributed by atoms with Gasteiger partial charge in [-0.05, 0) is 111 Å². The largest absolute Gasteiger partial charge is 0.370 e. The highest BCUT2D eigenvalue weighted by Gasteiger charge is 2.17. The van der Waals surface area contributed by atoms with Gasteiger partial charge >= 0.3 is 0 Å². The second-order valence-corrected chi connectivity index (χ2v) is 15.4. The lowest BCUT2D eigenvalue weighted by Gasteiger charge is -2.11. The number of allylic oxidation sites excluding steroid dienone is 2. The van der Waals surface area contributed by atoms with Crippen molar-refractivity contribution in [2.24, 2.45) is 5.73 Å². The van der Waals surface area contributed by atoms with E-state index < -0.39 is 11.6 Å². The van der Waals surface area contributed by atoms with E-state index in [1.807, 2.05) is 30.6 Å². The topological polar surface area (TPSA) is 150 Å². The Kier molecular flexibility index (Phi) is 12.2. The van der Waals surface area contributed by atoms with Gasteiger partial charge in [-0.3, -0.25) is 19.9 Å². The van der Waals surface area contributed by atoms with E-state index in [0.717, 1.165) is 58.0 Å². The maximum atomic E-state index is 13.6. The first-order valence-electron chi connectivity index (χ1n) is 18.4. The van der Waals surface area contributed by atoms with Gasteiger partial charge in [0.1, 0.15) is 22.6 Å². The molecule has 0 spiro atoms. The summed E-state index contributed by atoms with van der Waals surface area (Å²) in [5, 5.41) is 12.3. The van der Waals surface area contributed by atoms with Gasteiger partial charge in [0.2, 0.25) is 0 Å². The number of fused-ring (bicyclic) bond motifs is 4. The Hall–Kier alpha value is -5.81. The Labute approximate surface area is 358 Å². The second-order valence-electron chi connectivity index (χ2n) is 13.3. The zero-order valence-electron chi connectivity index (χ0n) is 31.1. The number of nitrogens with zero attached hydrogens (tertiary/aromatic N) is 10. The molecule has 2 aliphatic rings. The summed E-state index contributed by atoms with van der Waals surface area (Å²) >= 11 is 12.9. The normalized spacial score (nSPS) is 12.6. The highest BCUT2D eigenvalue weighted by Crippen LogP contribution is 2.30. The molecule has 0 atom stereocenters. The van der Waals surface area contributed by atoms with Crippen molar-refractivity contribution in [1.82, 2.24) is 49.1 Å². The molecule has 0 saturated heterocycles. The first-order valence-corrected chi connectivity index (χ1v) is 20.4. The van der Waals surface area contributed by atoms with Gasteiger partial charge in [0.05, 0.1) is 56.5 Å². The minimum Gasteiger partial charge on any atom is -0.370 e. The lowest BCUT2D eigenvalue weighted by atomic mass is 10.1. The highest BCUT2D eigenvalue weighted by atomic mass is 79.9. The molecule has 0 saturated carbocycles. The molecule has 0 aromatic carbocycles. The molecule has 0 bridgehead atoms. The van der Waals surface area contributed by atoms with Gasteiger partial charge in [-0.15, -0.1) is 0 Å². The molecule has 0 aliphatic heterocycles. The van der Waals surface area contributed by atoms with E-state index in [-0.39, 0.29) is 0 Å². The summed E-state index contributed by atoms with van der Waals surface area (Å²) in [6.45, 7) is 1.42. The average Bonchev–Trinajstić information content (AvgIpc) is 4.05. The number of rotatable bonds is 8. The fourth-order valence-corrected chi connectivity index (χ4v) is 7.65. The van der Waals surface area contributed by atoms with Crippen LogP contribution in [0.2, 0.25) is 5.15 Å². The van der Waals surface area contributed by atoms with Crippen molar-refractivity contribution in [3.8, 4) is 22.5 Å². The van der Waals surface area contributed by atoms with E-state index in [2.05, 4.69) is 102 Å². The van der Waals surface area contributed by atoms with Crippen LogP contribution in [0.5, 0.6) is 0 Å². The first kappa shape index (κ1) is 40.0. The highest BCUT2D eigenvalue weighted by molar-refractivity contribution is 9.11. The third kappa shape index (κ3) is 8.95. The van der Waals surface area contributed by atoms with Gasteiger partial charge in [0, 0.05) is 54.6 Å². The van der Waals surface area contributed by atoms with Gasteiger partial charge in [0.25, 0.3) is 0 Å². The smallest absolute Gasteiger partial charge is 0.172 e. The van der Waals surface area contributed by atoms with E-state index in [1.54, 1.807) is 29.2 Å². The van der Waals surface area contributed by atoms with Gasteiger partial charge < -0.3 is 11.1 Å². The number of hydrogen-bond donors (Lipinski definition) is 2. The number of anilines is 1. The Balaban J connectivity index is 0.000000137. The first-order chi connectivity index (χ1) is 28.7. The molecule has 8 aromatic heterocycles. The summed E-state index contributed by atoms with van der Waals surface area (Å²) in [5.74, 6) is -0.0386. The van der Waals surface area contributed by atoms with Crippen molar-refractivity contribution < 1.29 is 8.78 Å². The number of halogens is 5. The third-order valence-corrected chi connectivity index (χ3v) is 10.8. The van der Waals surface area contributed by atoms with Gasteiger partial charge in [-0.2, -0.15) is 14.7 Å². The number of nitrogens with two attached hydrogens (primary N) is 1. The quantitative estimate of drug-likeness (QED) is 0.141. The Bertz CT molecular complexity index is 2880. The zero-order chi connectivity index (χ0) is 40.9. The van der Waals surface area contributed by atoms with Crippen molar-refractivity contribution in [3.63, 3.8) is 0 Å². The lowest BCUT2D eigenvalue weighted by Crippen LogP contribution is -2.09. The van der Waals surface area contributed by atoms with Crippen LogP contribution >= 0.6 is 43.5 Å². The molecule has 12 nitrogen and oxygen atoms in total. The van der Waals surface area contributed by atoms with Crippen molar-refractivity contribution in [2.45, 2.75) is 25.7 Å². The fraction of sp³-hybridized carbons (Fsp3) is 0.143. The maximum Gasteiger partial charge on any atom is 0.172 e. The number of hydrogen-bond acceptors (Lipinski definition) is 10. The molecule has 0 fully saturated rings. The molecule has 0 radical (unpaired) electrons. The lowest BCUT2D eigenvalue weighted by molar-refractivity contribution is 0.621.